The molecule has 0 aromatic heterocycles. The number of amides is 4. The van der Waals surface area contributed by atoms with E-state index in [0.717, 1.165) is 0 Å². The monoisotopic (exact) mass is 283 g/mol. The molecule has 2 heterocycles. The van der Waals surface area contributed by atoms with Crippen LogP contribution in [0.3, 0.4) is 0 Å². The number of rotatable bonds is 3. The summed E-state index contributed by atoms with van der Waals surface area (Å²) in [7, 11) is 0. The van der Waals surface area contributed by atoms with E-state index in [0.29, 0.717) is 25.9 Å². The van der Waals surface area contributed by atoms with E-state index in [1.165, 1.54) is 4.90 Å². The van der Waals surface area contributed by atoms with E-state index in [1.54, 1.807) is 0 Å². The Hall–Kier alpha value is -2.12. The van der Waals surface area contributed by atoms with E-state index in [-0.39, 0.29) is 30.7 Å². The van der Waals surface area contributed by atoms with E-state index in [1.807, 2.05) is 0 Å². The van der Waals surface area contributed by atoms with Crippen molar-refractivity contribution in [1.29, 1.82) is 0 Å². The SMILES string of the molecule is O=C(O)CC1CCN(C(=O)NC2CCC(=O)NC2=O)C1. The summed E-state index contributed by atoms with van der Waals surface area (Å²) in [5, 5.41) is 13.5. The lowest BCUT2D eigenvalue weighted by Crippen LogP contribution is -2.54. The maximum atomic E-state index is 12.0. The highest BCUT2D eigenvalue weighted by atomic mass is 16.4. The summed E-state index contributed by atoms with van der Waals surface area (Å²) in [4.78, 5) is 46.6. The number of carbonyl (C=O) groups is 4. The molecule has 0 spiro atoms. The summed E-state index contributed by atoms with van der Waals surface area (Å²) in [5.74, 6) is -1.73. The molecule has 2 unspecified atom stereocenters. The predicted octanol–water partition coefficient (Wildman–Crippen LogP) is -0.702. The van der Waals surface area contributed by atoms with Crippen LogP contribution in [-0.2, 0) is 14.4 Å². The fourth-order valence-electron chi connectivity index (χ4n) is 2.50. The first-order valence-corrected chi connectivity index (χ1v) is 6.56. The Bertz CT molecular complexity index is 450. The lowest BCUT2D eigenvalue weighted by atomic mass is 10.1. The van der Waals surface area contributed by atoms with Crippen molar-refractivity contribution in [2.75, 3.05) is 13.1 Å². The second kappa shape index (κ2) is 5.89. The average Bonchev–Trinajstić information content (AvgIpc) is 2.80. The van der Waals surface area contributed by atoms with Gasteiger partial charge in [-0.2, -0.15) is 0 Å². The standard InChI is InChI=1S/C12H17N3O5/c16-9-2-1-8(11(19)14-9)13-12(20)15-4-3-7(6-15)5-10(17)18/h7-8H,1-6H2,(H,13,20)(H,17,18)(H,14,16,19). The van der Waals surface area contributed by atoms with Gasteiger partial charge in [0.1, 0.15) is 6.04 Å². The van der Waals surface area contributed by atoms with Crippen molar-refractivity contribution in [2.24, 2.45) is 5.92 Å². The van der Waals surface area contributed by atoms with Crippen LogP contribution in [0.15, 0.2) is 0 Å². The molecule has 8 heteroatoms. The molecule has 110 valence electrons. The van der Waals surface area contributed by atoms with Gasteiger partial charge in [0, 0.05) is 25.9 Å². The summed E-state index contributed by atoms with van der Waals surface area (Å²) in [6.45, 7) is 0.864. The third kappa shape index (κ3) is 3.46. The summed E-state index contributed by atoms with van der Waals surface area (Å²) in [6.07, 6.45) is 1.19. The Morgan fingerprint density at radius 1 is 1.35 bits per heavy atom. The highest BCUT2D eigenvalue weighted by molar-refractivity contribution is 6.01. The lowest BCUT2D eigenvalue weighted by molar-refractivity contribution is -0.138. The van der Waals surface area contributed by atoms with Crippen molar-refractivity contribution in [1.82, 2.24) is 15.5 Å². The molecular formula is C12H17N3O5. The van der Waals surface area contributed by atoms with Crippen LogP contribution in [0.4, 0.5) is 4.79 Å². The second-order valence-electron chi connectivity index (χ2n) is 5.15. The molecule has 0 aromatic carbocycles. The minimum Gasteiger partial charge on any atom is -0.481 e. The number of nitrogens with one attached hydrogen (secondary N) is 2. The van der Waals surface area contributed by atoms with Gasteiger partial charge in [-0.3, -0.25) is 19.7 Å². The minimum atomic E-state index is -0.873. The topological polar surface area (TPSA) is 116 Å². The van der Waals surface area contributed by atoms with Crippen molar-refractivity contribution in [3.8, 4) is 0 Å². The molecule has 2 aliphatic rings. The average molecular weight is 283 g/mol. The molecule has 2 aliphatic heterocycles. The molecule has 2 saturated heterocycles. The van der Waals surface area contributed by atoms with E-state index in [4.69, 9.17) is 5.11 Å². The van der Waals surface area contributed by atoms with Gasteiger partial charge < -0.3 is 15.3 Å². The molecule has 2 atom stereocenters. The summed E-state index contributed by atoms with van der Waals surface area (Å²) in [6, 6.07) is -1.08. The molecular weight excluding hydrogens is 266 g/mol. The Kier molecular flexibility index (Phi) is 4.21. The van der Waals surface area contributed by atoms with Crippen LogP contribution in [0.25, 0.3) is 0 Å². The maximum Gasteiger partial charge on any atom is 0.318 e. The first kappa shape index (κ1) is 14.3. The molecule has 2 rings (SSSR count). The molecule has 20 heavy (non-hydrogen) atoms. The first-order valence-electron chi connectivity index (χ1n) is 6.56. The number of urea groups is 1. The second-order valence-corrected chi connectivity index (χ2v) is 5.15. The van der Waals surface area contributed by atoms with Crippen molar-refractivity contribution in [3.63, 3.8) is 0 Å². The van der Waals surface area contributed by atoms with Gasteiger partial charge in [-0.1, -0.05) is 0 Å². The number of hydrogen-bond acceptors (Lipinski definition) is 4. The third-order valence-electron chi connectivity index (χ3n) is 3.57. The lowest BCUT2D eigenvalue weighted by Gasteiger charge is -2.25. The summed E-state index contributed by atoms with van der Waals surface area (Å²) >= 11 is 0. The summed E-state index contributed by atoms with van der Waals surface area (Å²) in [5.41, 5.74) is 0. The number of carbonyl (C=O) groups excluding carboxylic acids is 3. The van der Waals surface area contributed by atoms with Crippen LogP contribution >= 0.6 is 0 Å². The van der Waals surface area contributed by atoms with Crippen LogP contribution in [0.5, 0.6) is 0 Å². The van der Waals surface area contributed by atoms with Gasteiger partial charge in [-0.05, 0) is 18.8 Å². The molecule has 4 amide bonds. The van der Waals surface area contributed by atoms with E-state index >= 15 is 0 Å². The zero-order valence-corrected chi connectivity index (χ0v) is 10.9. The van der Waals surface area contributed by atoms with Crippen molar-refractivity contribution in [3.05, 3.63) is 0 Å². The van der Waals surface area contributed by atoms with Crippen LogP contribution < -0.4 is 10.6 Å². The highest BCUT2D eigenvalue weighted by Gasteiger charge is 2.32. The molecule has 0 aromatic rings. The number of imide groups is 1. The van der Waals surface area contributed by atoms with Gasteiger partial charge in [0.2, 0.25) is 11.8 Å². The molecule has 2 fully saturated rings. The van der Waals surface area contributed by atoms with Crippen molar-refractivity contribution < 1.29 is 24.3 Å². The number of likely N-dealkylation sites (tertiary alicyclic amines) is 1. The van der Waals surface area contributed by atoms with E-state index in [9.17, 15) is 19.2 Å². The largest absolute Gasteiger partial charge is 0.481 e. The van der Waals surface area contributed by atoms with Crippen molar-refractivity contribution in [2.45, 2.75) is 31.7 Å². The molecule has 0 radical (unpaired) electrons. The normalized spacial score (nSPS) is 26.3. The van der Waals surface area contributed by atoms with Gasteiger partial charge in [0.25, 0.3) is 0 Å². The van der Waals surface area contributed by atoms with Crippen LogP contribution in [0.1, 0.15) is 25.7 Å². The number of hydrogen-bond donors (Lipinski definition) is 3. The van der Waals surface area contributed by atoms with E-state index in [2.05, 4.69) is 10.6 Å². The molecule has 3 N–H and O–H groups in total. The molecule has 0 saturated carbocycles. The Labute approximate surface area is 115 Å². The number of carboxylic acid groups (broad SMARTS) is 1. The minimum absolute atomic E-state index is 0.0417. The Morgan fingerprint density at radius 3 is 2.75 bits per heavy atom. The van der Waals surface area contributed by atoms with Gasteiger partial charge in [0.05, 0.1) is 0 Å². The third-order valence-corrected chi connectivity index (χ3v) is 3.57. The number of nitrogens with zero attached hydrogens (tertiary/aromatic N) is 1. The van der Waals surface area contributed by atoms with E-state index < -0.39 is 17.9 Å². The predicted molar refractivity (Wildman–Crippen MR) is 66.6 cm³/mol. The fraction of sp³-hybridized carbons (Fsp3) is 0.667. The number of aliphatic carboxylic acids is 1. The van der Waals surface area contributed by atoms with Crippen LogP contribution in [0.2, 0.25) is 0 Å². The summed E-state index contributed by atoms with van der Waals surface area (Å²) < 4.78 is 0. The van der Waals surface area contributed by atoms with Gasteiger partial charge in [-0.15, -0.1) is 0 Å². The number of piperidine rings is 1. The zero-order valence-electron chi connectivity index (χ0n) is 10.9. The Morgan fingerprint density at radius 2 is 2.10 bits per heavy atom. The van der Waals surface area contributed by atoms with Gasteiger partial charge in [-0.25, -0.2) is 4.79 Å². The number of carboxylic acids is 1. The quantitative estimate of drug-likeness (QED) is 0.592. The van der Waals surface area contributed by atoms with Gasteiger partial charge >= 0.3 is 12.0 Å². The fourth-order valence-corrected chi connectivity index (χ4v) is 2.50. The Balaban J connectivity index is 1.82. The van der Waals surface area contributed by atoms with Crippen LogP contribution in [0, 0.1) is 5.92 Å². The zero-order chi connectivity index (χ0) is 14.7. The molecule has 8 nitrogen and oxygen atoms in total. The molecule has 0 bridgehead atoms. The maximum absolute atomic E-state index is 12.0. The van der Waals surface area contributed by atoms with Gasteiger partial charge in [0.15, 0.2) is 0 Å². The first-order chi connectivity index (χ1) is 9.45. The van der Waals surface area contributed by atoms with Crippen LogP contribution in [-0.4, -0.2) is 53.0 Å². The smallest absolute Gasteiger partial charge is 0.318 e. The molecule has 0 aliphatic carbocycles. The van der Waals surface area contributed by atoms with Crippen molar-refractivity contribution >= 4 is 23.8 Å². The highest BCUT2D eigenvalue weighted by Crippen LogP contribution is 2.19.